The Morgan fingerprint density at radius 2 is 1.82 bits per heavy atom. The smallest absolute Gasteiger partial charge is 0.239 e. The summed E-state index contributed by atoms with van der Waals surface area (Å²) in [6.45, 7) is 12.5. The molecule has 0 spiro atoms. The number of carbonyl (C=O) groups excluding carboxylic acids is 1. The van der Waals surface area contributed by atoms with Crippen LogP contribution in [0.1, 0.15) is 32.8 Å². The van der Waals surface area contributed by atoms with Gasteiger partial charge in [-0.2, -0.15) is 0 Å². The second-order valence-corrected chi connectivity index (χ2v) is 8.65. The summed E-state index contributed by atoms with van der Waals surface area (Å²) in [5.74, 6) is 1.40. The molecule has 1 aromatic carbocycles. The number of ether oxygens (including phenoxy) is 1. The van der Waals surface area contributed by atoms with Gasteiger partial charge in [0.25, 0.3) is 0 Å². The lowest BCUT2D eigenvalue weighted by atomic mass is 9.91. The van der Waals surface area contributed by atoms with Crippen molar-refractivity contribution in [2.24, 2.45) is 11.8 Å². The number of nitrogens with zero attached hydrogens (tertiary/aromatic N) is 3. The third kappa shape index (κ3) is 5.03. The Kier molecular flexibility index (Phi) is 6.94. The Bertz CT molecular complexity index is 666. The van der Waals surface area contributed by atoms with E-state index in [9.17, 15) is 9.18 Å². The largest absolute Gasteiger partial charge is 0.494 e. The summed E-state index contributed by atoms with van der Waals surface area (Å²) in [7, 11) is 1.48. The van der Waals surface area contributed by atoms with Crippen LogP contribution in [0.5, 0.6) is 5.75 Å². The van der Waals surface area contributed by atoms with Gasteiger partial charge in [0.1, 0.15) is 0 Å². The van der Waals surface area contributed by atoms with E-state index in [1.165, 1.54) is 13.5 Å². The fourth-order valence-electron chi connectivity index (χ4n) is 4.64. The highest BCUT2D eigenvalue weighted by atomic mass is 19.1. The summed E-state index contributed by atoms with van der Waals surface area (Å²) in [5, 5.41) is 0. The average Bonchev–Trinajstić information content (AvgIpc) is 2.67. The van der Waals surface area contributed by atoms with Crippen LogP contribution in [0.25, 0.3) is 0 Å². The van der Waals surface area contributed by atoms with Crippen LogP contribution in [0.3, 0.4) is 0 Å². The number of hydrogen-bond donors (Lipinski definition) is 0. The minimum atomic E-state index is -0.317. The fourth-order valence-corrected chi connectivity index (χ4v) is 4.64. The van der Waals surface area contributed by atoms with Crippen molar-refractivity contribution >= 4 is 5.91 Å². The topological polar surface area (TPSA) is 36.0 Å². The van der Waals surface area contributed by atoms with Gasteiger partial charge in [-0.3, -0.25) is 14.6 Å². The summed E-state index contributed by atoms with van der Waals surface area (Å²) in [6, 6.07) is 5.08. The van der Waals surface area contributed by atoms with Gasteiger partial charge in [0, 0.05) is 45.8 Å². The van der Waals surface area contributed by atoms with Crippen LogP contribution in [-0.2, 0) is 11.3 Å². The third-order valence-corrected chi connectivity index (χ3v) is 6.11. The number of benzene rings is 1. The van der Waals surface area contributed by atoms with Crippen molar-refractivity contribution < 1.29 is 13.9 Å². The van der Waals surface area contributed by atoms with Crippen molar-refractivity contribution in [2.75, 3.05) is 46.4 Å². The quantitative estimate of drug-likeness (QED) is 0.773. The van der Waals surface area contributed by atoms with E-state index in [2.05, 4.69) is 28.5 Å². The van der Waals surface area contributed by atoms with Crippen molar-refractivity contribution in [3.63, 3.8) is 0 Å². The Hall–Kier alpha value is -1.66. The minimum Gasteiger partial charge on any atom is -0.494 e. The highest BCUT2D eigenvalue weighted by Gasteiger charge is 2.32. The maximum atomic E-state index is 13.9. The molecule has 0 aliphatic carbocycles. The van der Waals surface area contributed by atoms with Gasteiger partial charge in [0.15, 0.2) is 11.6 Å². The fraction of sp³-hybridized carbons (Fsp3) is 0.682. The van der Waals surface area contributed by atoms with E-state index in [0.29, 0.717) is 11.8 Å². The summed E-state index contributed by atoms with van der Waals surface area (Å²) in [6.07, 6.45) is 1.21. The zero-order chi connectivity index (χ0) is 20.3. The first-order chi connectivity index (χ1) is 13.4. The van der Waals surface area contributed by atoms with Gasteiger partial charge in [-0.1, -0.05) is 19.9 Å². The molecule has 156 valence electrons. The number of carbonyl (C=O) groups is 1. The number of piperidine rings is 1. The second kappa shape index (κ2) is 9.23. The molecule has 0 N–H and O–H groups in total. The first-order valence-electron chi connectivity index (χ1n) is 10.4. The van der Waals surface area contributed by atoms with Crippen molar-refractivity contribution in [2.45, 2.75) is 39.8 Å². The van der Waals surface area contributed by atoms with Gasteiger partial charge in [0.2, 0.25) is 5.91 Å². The van der Waals surface area contributed by atoms with Crippen LogP contribution in [0.15, 0.2) is 18.2 Å². The van der Waals surface area contributed by atoms with Crippen molar-refractivity contribution in [1.82, 2.24) is 14.7 Å². The highest BCUT2D eigenvalue weighted by Crippen LogP contribution is 2.23. The van der Waals surface area contributed by atoms with E-state index in [1.807, 2.05) is 13.0 Å². The van der Waals surface area contributed by atoms with Gasteiger partial charge in [0.05, 0.1) is 13.2 Å². The van der Waals surface area contributed by atoms with Gasteiger partial charge < -0.3 is 9.64 Å². The van der Waals surface area contributed by atoms with Crippen LogP contribution in [-0.4, -0.2) is 73.0 Å². The number of piperazine rings is 1. The Labute approximate surface area is 168 Å². The van der Waals surface area contributed by atoms with E-state index in [0.717, 1.165) is 51.4 Å². The summed E-state index contributed by atoms with van der Waals surface area (Å²) in [4.78, 5) is 19.6. The van der Waals surface area contributed by atoms with Gasteiger partial charge >= 0.3 is 0 Å². The van der Waals surface area contributed by atoms with Crippen LogP contribution >= 0.6 is 0 Å². The molecule has 2 heterocycles. The molecule has 1 amide bonds. The Morgan fingerprint density at radius 3 is 2.39 bits per heavy atom. The first-order valence-corrected chi connectivity index (χ1v) is 10.4. The summed E-state index contributed by atoms with van der Waals surface area (Å²) < 4.78 is 18.9. The Balaban J connectivity index is 1.50. The van der Waals surface area contributed by atoms with Gasteiger partial charge in [-0.25, -0.2) is 4.39 Å². The predicted octanol–water partition coefficient (Wildman–Crippen LogP) is 2.84. The number of hydrogen-bond acceptors (Lipinski definition) is 4. The molecule has 3 rings (SSSR count). The lowest BCUT2D eigenvalue weighted by molar-refractivity contribution is -0.139. The molecule has 2 saturated heterocycles. The molecule has 5 nitrogen and oxygen atoms in total. The first kappa shape index (κ1) is 21.1. The molecule has 1 aromatic rings. The third-order valence-electron chi connectivity index (χ3n) is 6.11. The van der Waals surface area contributed by atoms with Crippen LogP contribution in [0.2, 0.25) is 0 Å². The molecular formula is C22H34FN3O2. The molecule has 0 radical (unpaired) electrons. The standard InChI is InChI=1S/C22H34FN3O2/c1-16-11-17(2)14-26(13-16)22(27)18(3)25-9-7-24(8-10-25)15-19-5-6-21(28-4)20(23)12-19/h5-6,12,16-18H,7-11,13-15H2,1-4H3/t16-,17-,18-/m1/s1. The summed E-state index contributed by atoms with van der Waals surface area (Å²) >= 11 is 0. The van der Waals surface area contributed by atoms with Crippen LogP contribution < -0.4 is 4.74 Å². The molecule has 0 unspecified atom stereocenters. The minimum absolute atomic E-state index is 0.0712. The SMILES string of the molecule is COc1ccc(CN2CCN([C@H](C)C(=O)N3C[C@H](C)C[C@@H](C)C3)CC2)cc1F. The van der Waals surface area contributed by atoms with E-state index in [-0.39, 0.29) is 23.5 Å². The normalized spacial score (nSPS) is 25.5. The zero-order valence-electron chi connectivity index (χ0n) is 17.7. The zero-order valence-corrected chi connectivity index (χ0v) is 17.7. The number of halogens is 1. The number of likely N-dealkylation sites (tertiary alicyclic amines) is 1. The average molecular weight is 392 g/mol. The van der Waals surface area contributed by atoms with E-state index < -0.39 is 0 Å². The van der Waals surface area contributed by atoms with Gasteiger partial charge in [-0.15, -0.1) is 0 Å². The lowest BCUT2D eigenvalue weighted by Crippen LogP contribution is -2.56. The molecular weight excluding hydrogens is 357 g/mol. The number of amides is 1. The molecule has 2 fully saturated rings. The summed E-state index contributed by atoms with van der Waals surface area (Å²) in [5.41, 5.74) is 0.951. The monoisotopic (exact) mass is 391 g/mol. The number of rotatable bonds is 5. The number of methoxy groups -OCH3 is 1. The molecule has 0 saturated carbocycles. The van der Waals surface area contributed by atoms with Crippen molar-refractivity contribution in [3.8, 4) is 5.75 Å². The van der Waals surface area contributed by atoms with E-state index >= 15 is 0 Å². The second-order valence-electron chi connectivity index (χ2n) is 8.65. The van der Waals surface area contributed by atoms with Crippen molar-refractivity contribution in [1.29, 1.82) is 0 Å². The Morgan fingerprint density at radius 1 is 1.18 bits per heavy atom. The lowest BCUT2D eigenvalue weighted by Gasteiger charge is -2.41. The van der Waals surface area contributed by atoms with E-state index in [4.69, 9.17) is 4.74 Å². The van der Waals surface area contributed by atoms with E-state index in [1.54, 1.807) is 12.1 Å². The van der Waals surface area contributed by atoms with Crippen LogP contribution in [0.4, 0.5) is 4.39 Å². The maximum Gasteiger partial charge on any atom is 0.239 e. The highest BCUT2D eigenvalue weighted by molar-refractivity contribution is 5.81. The molecule has 3 atom stereocenters. The van der Waals surface area contributed by atoms with Gasteiger partial charge in [-0.05, 0) is 42.9 Å². The predicted molar refractivity (Wildman–Crippen MR) is 109 cm³/mol. The molecule has 0 bridgehead atoms. The molecule has 6 heteroatoms. The molecule has 28 heavy (non-hydrogen) atoms. The molecule has 2 aliphatic rings. The van der Waals surface area contributed by atoms with Crippen LogP contribution in [0, 0.1) is 17.7 Å². The molecule has 2 aliphatic heterocycles. The van der Waals surface area contributed by atoms with Crippen molar-refractivity contribution in [3.05, 3.63) is 29.6 Å². The maximum absolute atomic E-state index is 13.9. The molecule has 0 aromatic heterocycles.